The lowest BCUT2D eigenvalue weighted by Gasteiger charge is -2.10. The Morgan fingerprint density at radius 2 is 1.79 bits per heavy atom. The van der Waals surface area contributed by atoms with Gasteiger partial charge in [0.1, 0.15) is 0 Å². The van der Waals surface area contributed by atoms with E-state index in [0.717, 1.165) is 22.6 Å². The lowest BCUT2D eigenvalue weighted by atomic mass is 10.1. The molecule has 1 N–H and O–H groups in total. The zero-order valence-electron chi connectivity index (χ0n) is 14.0. The fraction of sp³-hybridized carbons (Fsp3) is 0.190. The number of aryl methyl sites for hydroxylation is 2. The smallest absolute Gasteiger partial charge is 0.234 e. The van der Waals surface area contributed by atoms with Gasteiger partial charge in [-0.2, -0.15) is 0 Å². The standard InChI is InChI=1S/C21H21NOS/c1-15-10-11-16(2)20(12-15)22-21(23)14-24-13-18-8-5-7-17-6-3-4-9-19(17)18/h3-12H,13-14H2,1-2H3,(H,22,23). The Kier molecular flexibility index (Phi) is 5.21. The lowest BCUT2D eigenvalue weighted by Crippen LogP contribution is -2.15. The summed E-state index contributed by atoms with van der Waals surface area (Å²) in [5, 5.41) is 5.53. The van der Waals surface area contributed by atoms with E-state index in [2.05, 4.69) is 53.8 Å². The van der Waals surface area contributed by atoms with Gasteiger partial charge in [0.2, 0.25) is 5.91 Å². The first-order valence-corrected chi connectivity index (χ1v) is 9.20. The van der Waals surface area contributed by atoms with E-state index in [1.165, 1.54) is 16.3 Å². The van der Waals surface area contributed by atoms with Gasteiger partial charge in [-0.1, -0.05) is 54.6 Å². The molecule has 0 saturated carbocycles. The third-order valence-corrected chi connectivity index (χ3v) is 5.02. The fourth-order valence-corrected chi connectivity index (χ4v) is 3.56. The Bertz CT molecular complexity index is 867. The van der Waals surface area contributed by atoms with Crippen molar-refractivity contribution >= 4 is 34.1 Å². The Hall–Kier alpha value is -2.26. The van der Waals surface area contributed by atoms with Gasteiger partial charge in [0.25, 0.3) is 0 Å². The van der Waals surface area contributed by atoms with E-state index in [4.69, 9.17) is 0 Å². The monoisotopic (exact) mass is 335 g/mol. The van der Waals surface area contributed by atoms with Gasteiger partial charge in [-0.3, -0.25) is 4.79 Å². The van der Waals surface area contributed by atoms with Crippen LogP contribution >= 0.6 is 11.8 Å². The predicted octanol–water partition coefficient (Wildman–Crippen LogP) is 5.33. The maximum Gasteiger partial charge on any atom is 0.234 e. The van der Waals surface area contributed by atoms with Crippen molar-refractivity contribution in [2.75, 3.05) is 11.1 Å². The molecule has 0 aliphatic rings. The number of hydrogen-bond acceptors (Lipinski definition) is 2. The molecule has 0 bridgehead atoms. The van der Waals surface area contributed by atoms with Crippen LogP contribution in [0.2, 0.25) is 0 Å². The highest BCUT2D eigenvalue weighted by atomic mass is 32.2. The number of hydrogen-bond donors (Lipinski definition) is 1. The summed E-state index contributed by atoms with van der Waals surface area (Å²) in [7, 11) is 0. The van der Waals surface area contributed by atoms with Crippen LogP contribution in [0.3, 0.4) is 0 Å². The van der Waals surface area contributed by atoms with Crippen molar-refractivity contribution in [1.29, 1.82) is 0 Å². The maximum absolute atomic E-state index is 12.2. The molecule has 0 unspecified atom stereocenters. The molecule has 0 atom stereocenters. The summed E-state index contributed by atoms with van der Waals surface area (Å²) in [6.07, 6.45) is 0. The second-order valence-electron chi connectivity index (χ2n) is 6.00. The molecule has 0 saturated heterocycles. The average molecular weight is 335 g/mol. The van der Waals surface area contributed by atoms with Gasteiger partial charge >= 0.3 is 0 Å². The van der Waals surface area contributed by atoms with Gasteiger partial charge in [0, 0.05) is 11.4 Å². The highest BCUT2D eigenvalue weighted by Gasteiger charge is 2.07. The van der Waals surface area contributed by atoms with Gasteiger partial charge in [0.15, 0.2) is 0 Å². The molecule has 122 valence electrons. The SMILES string of the molecule is Cc1ccc(C)c(NC(=O)CSCc2cccc3ccccc23)c1. The van der Waals surface area contributed by atoms with E-state index in [-0.39, 0.29) is 5.91 Å². The van der Waals surface area contributed by atoms with Crippen molar-refractivity contribution in [3.8, 4) is 0 Å². The number of fused-ring (bicyclic) bond motifs is 1. The molecule has 0 radical (unpaired) electrons. The van der Waals surface area contributed by atoms with Crippen molar-refractivity contribution in [3.63, 3.8) is 0 Å². The molecule has 3 aromatic rings. The van der Waals surface area contributed by atoms with Gasteiger partial charge in [-0.25, -0.2) is 0 Å². The quantitative estimate of drug-likeness (QED) is 0.683. The summed E-state index contributed by atoms with van der Waals surface area (Å²) in [6, 6.07) is 20.8. The minimum absolute atomic E-state index is 0.0499. The van der Waals surface area contributed by atoms with Crippen LogP contribution < -0.4 is 5.32 Å². The molecular weight excluding hydrogens is 314 g/mol. The number of carbonyl (C=O) groups excluding carboxylic acids is 1. The Labute approximate surface area is 147 Å². The Morgan fingerprint density at radius 3 is 2.67 bits per heavy atom. The first-order valence-electron chi connectivity index (χ1n) is 8.05. The molecular formula is C21H21NOS. The predicted molar refractivity (Wildman–Crippen MR) is 105 cm³/mol. The van der Waals surface area contributed by atoms with Crippen molar-refractivity contribution < 1.29 is 4.79 Å². The Morgan fingerprint density at radius 1 is 1.00 bits per heavy atom. The third kappa shape index (κ3) is 3.98. The van der Waals surface area contributed by atoms with Crippen molar-refractivity contribution in [3.05, 3.63) is 77.4 Å². The first kappa shape index (κ1) is 16.6. The van der Waals surface area contributed by atoms with Crippen molar-refractivity contribution in [2.24, 2.45) is 0 Å². The summed E-state index contributed by atoms with van der Waals surface area (Å²) in [5.74, 6) is 1.34. The zero-order valence-corrected chi connectivity index (χ0v) is 14.8. The molecule has 24 heavy (non-hydrogen) atoms. The van der Waals surface area contributed by atoms with Gasteiger partial charge in [0.05, 0.1) is 5.75 Å². The Balaban J connectivity index is 1.59. The topological polar surface area (TPSA) is 29.1 Å². The van der Waals surface area contributed by atoms with Crippen molar-refractivity contribution in [2.45, 2.75) is 19.6 Å². The summed E-state index contributed by atoms with van der Waals surface area (Å²) in [4.78, 5) is 12.2. The second-order valence-corrected chi connectivity index (χ2v) is 6.98. The van der Waals surface area contributed by atoms with Crippen LogP contribution in [0.4, 0.5) is 5.69 Å². The summed E-state index contributed by atoms with van der Waals surface area (Å²) in [6.45, 7) is 4.04. The number of anilines is 1. The molecule has 0 aliphatic carbocycles. The van der Waals surface area contributed by atoms with Crippen LogP contribution in [-0.4, -0.2) is 11.7 Å². The summed E-state index contributed by atoms with van der Waals surface area (Å²) < 4.78 is 0. The molecule has 0 spiro atoms. The minimum Gasteiger partial charge on any atom is -0.325 e. The van der Waals surface area contributed by atoms with Crippen LogP contribution in [0, 0.1) is 13.8 Å². The molecule has 3 heteroatoms. The number of nitrogens with one attached hydrogen (secondary N) is 1. The lowest BCUT2D eigenvalue weighted by molar-refractivity contribution is -0.113. The number of thioether (sulfide) groups is 1. The van der Waals surface area contributed by atoms with Gasteiger partial charge in [-0.15, -0.1) is 11.8 Å². The number of amides is 1. The van der Waals surface area contributed by atoms with Gasteiger partial charge < -0.3 is 5.32 Å². The van der Waals surface area contributed by atoms with Crippen molar-refractivity contribution in [1.82, 2.24) is 0 Å². The normalized spacial score (nSPS) is 10.8. The van der Waals surface area contributed by atoms with Crippen LogP contribution in [0.5, 0.6) is 0 Å². The van der Waals surface area contributed by atoms with Gasteiger partial charge in [-0.05, 0) is 47.4 Å². The number of carbonyl (C=O) groups is 1. The molecule has 0 aromatic heterocycles. The van der Waals surface area contributed by atoms with Crippen LogP contribution in [0.1, 0.15) is 16.7 Å². The largest absolute Gasteiger partial charge is 0.325 e. The van der Waals surface area contributed by atoms with E-state index >= 15 is 0 Å². The molecule has 1 amide bonds. The molecule has 0 heterocycles. The van der Waals surface area contributed by atoms with E-state index in [1.807, 2.05) is 26.0 Å². The molecule has 2 nitrogen and oxygen atoms in total. The molecule has 0 fully saturated rings. The van der Waals surface area contributed by atoms with Crippen LogP contribution in [0.25, 0.3) is 10.8 Å². The fourth-order valence-electron chi connectivity index (χ4n) is 2.73. The summed E-state index contributed by atoms with van der Waals surface area (Å²) >= 11 is 1.65. The van der Waals surface area contributed by atoms with Crippen LogP contribution in [0.15, 0.2) is 60.7 Å². The van der Waals surface area contributed by atoms with E-state index in [9.17, 15) is 4.79 Å². The van der Waals surface area contributed by atoms with E-state index < -0.39 is 0 Å². The maximum atomic E-state index is 12.2. The molecule has 3 rings (SSSR count). The van der Waals surface area contributed by atoms with E-state index in [1.54, 1.807) is 11.8 Å². The summed E-state index contributed by atoms with van der Waals surface area (Å²) in [5.41, 5.74) is 4.43. The minimum atomic E-state index is 0.0499. The van der Waals surface area contributed by atoms with E-state index in [0.29, 0.717) is 5.75 Å². The number of benzene rings is 3. The number of rotatable bonds is 5. The second kappa shape index (κ2) is 7.54. The zero-order chi connectivity index (χ0) is 16.9. The average Bonchev–Trinajstić information content (AvgIpc) is 2.58. The first-order chi connectivity index (χ1) is 11.6. The third-order valence-electron chi connectivity index (χ3n) is 4.04. The van der Waals surface area contributed by atoms with Crippen LogP contribution in [-0.2, 0) is 10.5 Å². The molecule has 3 aromatic carbocycles. The highest BCUT2D eigenvalue weighted by Crippen LogP contribution is 2.23. The highest BCUT2D eigenvalue weighted by molar-refractivity contribution is 7.99. The molecule has 0 aliphatic heterocycles.